The molecule has 1 aromatic heterocycles. The lowest BCUT2D eigenvalue weighted by Crippen LogP contribution is -2.05. The number of halogens is 2. The molecular formula is C13H14F2N2OS. The molecule has 1 atom stereocenters. The monoisotopic (exact) mass is 284 g/mol. The first-order valence-electron chi connectivity index (χ1n) is 5.93. The van der Waals surface area contributed by atoms with Gasteiger partial charge in [-0.25, -0.2) is 8.78 Å². The van der Waals surface area contributed by atoms with Gasteiger partial charge in [0.25, 0.3) is 0 Å². The fourth-order valence-corrected chi connectivity index (χ4v) is 2.61. The summed E-state index contributed by atoms with van der Waals surface area (Å²) >= 11 is 1.13. The smallest absolute Gasteiger partial charge is 0.159 e. The van der Waals surface area contributed by atoms with Crippen molar-refractivity contribution in [2.24, 2.45) is 0 Å². The molecule has 2 rings (SSSR count). The molecule has 102 valence electrons. The van der Waals surface area contributed by atoms with Crippen molar-refractivity contribution in [1.29, 1.82) is 0 Å². The Kier molecular flexibility index (Phi) is 4.21. The van der Waals surface area contributed by atoms with Crippen molar-refractivity contribution in [2.45, 2.75) is 32.3 Å². The summed E-state index contributed by atoms with van der Waals surface area (Å²) in [5, 5.41) is 14.2. The van der Waals surface area contributed by atoms with E-state index in [0.29, 0.717) is 10.4 Å². The van der Waals surface area contributed by atoms with Crippen molar-refractivity contribution < 1.29 is 13.9 Å². The Bertz CT molecular complexity index is 572. The van der Waals surface area contributed by atoms with Crippen LogP contribution in [0.25, 0.3) is 0 Å². The summed E-state index contributed by atoms with van der Waals surface area (Å²) in [5.41, 5.74) is 1.29. The minimum Gasteiger partial charge on any atom is -0.387 e. The van der Waals surface area contributed by atoms with Gasteiger partial charge in [0.15, 0.2) is 11.6 Å². The van der Waals surface area contributed by atoms with E-state index in [-0.39, 0.29) is 12.3 Å². The van der Waals surface area contributed by atoms with Gasteiger partial charge in [-0.05, 0) is 35.1 Å². The first-order chi connectivity index (χ1) is 8.99. The third kappa shape index (κ3) is 3.13. The zero-order valence-electron chi connectivity index (χ0n) is 10.6. The first kappa shape index (κ1) is 14.0. The Labute approximate surface area is 114 Å². The average Bonchev–Trinajstić information content (AvgIpc) is 2.83. The third-order valence-corrected chi connectivity index (χ3v) is 3.64. The van der Waals surface area contributed by atoms with E-state index in [4.69, 9.17) is 0 Å². The molecule has 1 heterocycles. The maximum absolute atomic E-state index is 13.1. The molecule has 6 heteroatoms. The van der Waals surface area contributed by atoms with E-state index in [1.54, 1.807) is 0 Å². The number of benzene rings is 1. The average molecular weight is 284 g/mol. The fraction of sp³-hybridized carbons (Fsp3) is 0.385. The van der Waals surface area contributed by atoms with Crippen LogP contribution in [0.1, 0.15) is 42.0 Å². The summed E-state index contributed by atoms with van der Waals surface area (Å²) < 4.78 is 29.8. The van der Waals surface area contributed by atoms with Crippen molar-refractivity contribution in [2.75, 3.05) is 0 Å². The number of aliphatic hydroxyl groups is 1. The largest absolute Gasteiger partial charge is 0.387 e. The molecule has 1 unspecified atom stereocenters. The van der Waals surface area contributed by atoms with Gasteiger partial charge in [0, 0.05) is 6.42 Å². The molecule has 0 spiro atoms. The fourth-order valence-electron chi connectivity index (χ4n) is 1.82. The standard InChI is InChI=1S/C13H14F2N2OS/c1-7(2)12-13(19-17-16-12)11(18)6-8-3-4-9(14)10(15)5-8/h3-5,7,11,18H,6H2,1-2H3. The van der Waals surface area contributed by atoms with Gasteiger partial charge in [-0.2, -0.15) is 0 Å². The van der Waals surface area contributed by atoms with E-state index in [2.05, 4.69) is 9.59 Å². The van der Waals surface area contributed by atoms with Gasteiger partial charge in [-0.3, -0.25) is 0 Å². The molecular weight excluding hydrogens is 270 g/mol. The zero-order chi connectivity index (χ0) is 14.0. The van der Waals surface area contributed by atoms with Crippen molar-refractivity contribution in [3.05, 3.63) is 46.0 Å². The van der Waals surface area contributed by atoms with E-state index < -0.39 is 17.7 Å². The summed E-state index contributed by atoms with van der Waals surface area (Å²) in [6.45, 7) is 3.93. The molecule has 2 aromatic rings. The number of aromatic nitrogens is 2. The van der Waals surface area contributed by atoms with Crippen molar-refractivity contribution in [3.63, 3.8) is 0 Å². The van der Waals surface area contributed by atoms with Crippen LogP contribution < -0.4 is 0 Å². The van der Waals surface area contributed by atoms with E-state index >= 15 is 0 Å². The summed E-state index contributed by atoms with van der Waals surface area (Å²) in [4.78, 5) is 0.680. The van der Waals surface area contributed by atoms with Crippen LogP contribution in [0.15, 0.2) is 18.2 Å². The Morgan fingerprint density at radius 2 is 2.00 bits per heavy atom. The highest BCUT2D eigenvalue weighted by atomic mass is 32.1. The van der Waals surface area contributed by atoms with Crippen molar-refractivity contribution >= 4 is 11.5 Å². The van der Waals surface area contributed by atoms with Gasteiger partial charge in [0.1, 0.15) is 0 Å². The number of rotatable bonds is 4. The molecule has 0 aliphatic rings. The van der Waals surface area contributed by atoms with Crippen LogP contribution in [0.5, 0.6) is 0 Å². The molecule has 3 nitrogen and oxygen atoms in total. The molecule has 1 N–H and O–H groups in total. The van der Waals surface area contributed by atoms with E-state index in [1.807, 2.05) is 13.8 Å². The highest BCUT2D eigenvalue weighted by Crippen LogP contribution is 2.28. The predicted octanol–water partition coefficient (Wildman–Crippen LogP) is 3.22. The second-order valence-corrected chi connectivity index (χ2v) is 5.43. The van der Waals surface area contributed by atoms with Gasteiger partial charge < -0.3 is 5.11 Å². The maximum atomic E-state index is 13.1. The lowest BCUT2D eigenvalue weighted by molar-refractivity contribution is 0.180. The number of aliphatic hydroxyl groups excluding tert-OH is 1. The summed E-state index contributed by atoms with van der Waals surface area (Å²) in [5.74, 6) is -1.63. The Balaban J connectivity index is 2.18. The van der Waals surface area contributed by atoms with Crippen LogP contribution in [-0.2, 0) is 6.42 Å². The molecule has 19 heavy (non-hydrogen) atoms. The molecule has 0 radical (unpaired) electrons. The van der Waals surface area contributed by atoms with Crippen LogP contribution in [0.3, 0.4) is 0 Å². The predicted molar refractivity (Wildman–Crippen MR) is 69.0 cm³/mol. The molecule has 1 aromatic carbocycles. The molecule has 0 saturated heterocycles. The molecule has 0 fully saturated rings. The molecule has 0 saturated carbocycles. The SMILES string of the molecule is CC(C)c1nnsc1C(O)Cc1ccc(F)c(F)c1. The van der Waals surface area contributed by atoms with Crippen LogP contribution in [-0.4, -0.2) is 14.7 Å². The van der Waals surface area contributed by atoms with Gasteiger partial charge in [0.2, 0.25) is 0 Å². The molecule has 0 amide bonds. The molecule has 0 bridgehead atoms. The Hall–Kier alpha value is -1.40. The van der Waals surface area contributed by atoms with Crippen LogP contribution >= 0.6 is 11.5 Å². The van der Waals surface area contributed by atoms with E-state index in [9.17, 15) is 13.9 Å². The van der Waals surface area contributed by atoms with Crippen molar-refractivity contribution in [1.82, 2.24) is 9.59 Å². The van der Waals surface area contributed by atoms with Gasteiger partial charge in [0.05, 0.1) is 16.7 Å². The van der Waals surface area contributed by atoms with E-state index in [1.165, 1.54) is 6.07 Å². The highest BCUT2D eigenvalue weighted by molar-refractivity contribution is 7.05. The lowest BCUT2D eigenvalue weighted by atomic mass is 10.0. The third-order valence-electron chi connectivity index (χ3n) is 2.80. The normalized spacial score (nSPS) is 12.9. The van der Waals surface area contributed by atoms with Crippen LogP contribution in [0.4, 0.5) is 8.78 Å². The second-order valence-electron chi connectivity index (χ2n) is 4.65. The Morgan fingerprint density at radius 1 is 1.26 bits per heavy atom. The van der Waals surface area contributed by atoms with Crippen molar-refractivity contribution in [3.8, 4) is 0 Å². The van der Waals surface area contributed by atoms with Gasteiger partial charge in [-0.15, -0.1) is 5.10 Å². The minimum absolute atomic E-state index is 0.161. The quantitative estimate of drug-likeness (QED) is 0.937. The zero-order valence-corrected chi connectivity index (χ0v) is 11.4. The molecule has 0 aliphatic heterocycles. The number of hydrogen-bond acceptors (Lipinski definition) is 4. The summed E-state index contributed by atoms with van der Waals surface area (Å²) in [6, 6.07) is 3.62. The van der Waals surface area contributed by atoms with Gasteiger partial charge >= 0.3 is 0 Å². The maximum Gasteiger partial charge on any atom is 0.159 e. The van der Waals surface area contributed by atoms with Crippen LogP contribution in [0, 0.1) is 11.6 Å². The lowest BCUT2D eigenvalue weighted by Gasteiger charge is -2.11. The first-order valence-corrected chi connectivity index (χ1v) is 6.70. The van der Waals surface area contributed by atoms with Crippen LogP contribution in [0.2, 0.25) is 0 Å². The number of hydrogen-bond donors (Lipinski definition) is 1. The van der Waals surface area contributed by atoms with Gasteiger partial charge in [-0.1, -0.05) is 24.4 Å². The Morgan fingerprint density at radius 3 is 2.63 bits per heavy atom. The highest BCUT2D eigenvalue weighted by Gasteiger charge is 2.19. The summed E-state index contributed by atoms with van der Waals surface area (Å²) in [7, 11) is 0. The minimum atomic E-state index is -0.906. The number of nitrogens with zero attached hydrogens (tertiary/aromatic N) is 2. The second kappa shape index (κ2) is 5.71. The summed E-state index contributed by atoms with van der Waals surface area (Å²) in [6.07, 6.45) is -0.594. The molecule has 0 aliphatic carbocycles. The topological polar surface area (TPSA) is 46.0 Å². The van der Waals surface area contributed by atoms with E-state index in [0.717, 1.165) is 29.4 Å².